The third-order valence-electron chi connectivity index (χ3n) is 4.31. The fraction of sp³-hybridized carbons (Fsp3) is 0.222. The van der Waals surface area contributed by atoms with E-state index in [2.05, 4.69) is 44.0 Å². The number of rotatable bonds is 3. The van der Waals surface area contributed by atoms with Gasteiger partial charge in [-0.2, -0.15) is 0 Å². The summed E-state index contributed by atoms with van der Waals surface area (Å²) in [5.41, 5.74) is 3.44. The first-order valence-corrected chi connectivity index (χ1v) is 11.2. The van der Waals surface area contributed by atoms with Crippen LogP contribution < -0.4 is 0 Å². The summed E-state index contributed by atoms with van der Waals surface area (Å²) in [4.78, 5) is 9.03. The molecule has 0 aliphatic carbocycles. The number of benzene rings is 1. The monoisotopic (exact) mass is 397 g/mol. The third-order valence-corrected chi connectivity index (χ3v) is 7.79. The van der Waals surface area contributed by atoms with E-state index in [1.165, 1.54) is 5.56 Å². The number of pyridine rings is 1. The van der Waals surface area contributed by atoms with Gasteiger partial charge in [-0.1, -0.05) is 53.5 Å². The van der Waals surface area contributed by atoms with E-state index >= 15 is 0 Å². The maximum Gasteiger partial charge on any atom is 0.191 e. The summed E-state index contributed by atoms with van der Waals surface area (Å²) >= 11 is 5.44. The zero-order valence-corrected chi connectivity index (χ0v) is 16.2. The highest BCUT2D eigenvalue weighted by Gasteiger charge is 2.29. The molecule has 0 bridgehead atoms. The summed E-state index contributed by atoms with van der Waals surface area (Å²) < 4.78 is 3.41. The first-order chi connectivity index (χ1) is 12.9. The van der Waals surface area contributed by atoms with E-state index in [-0.39, 0.29) is 0 Å². The molecular formula is C18H15N5S3. The van der Waals surface area contributed by atoms with Crippen molar-refractivity contribution in [2.45, 2.75) is 17.0 Å². The van der Waals surface area contributed by atoms with Crippen LogP contribution in [0, 0.1) is 0 Å². The summed E-state index contributed by atoms with van der Waals surface area (Å²) in [6.07, 6.45) is 3.63. The van der Waals surface area contributed by atoms with Gasteiger partial charge in [-0.05, 0) is 23.8 Å². The summed E-state index contributed by atoms with van der Waals surface area (Å²) in [6.45, 7) is 0. The molecule has 130 valence electrons. The van der Waals surface area contributed by atoms with Crippen molar-refractivity contribution in [2.75, 3.05) is 11.5 Å². The van der Waals surface area contributed by atoms with E-state index in [4.69, 9.17) is 4.99 Å². The van der Waals surface area contributed by atoms with E-state index in [1.54, 1.807) is 18.0 Å². The lowest BCUT2D eigenvalue weighted by atomic mass is 10.2. The number of nitrogens with zero attached hydrogens (tertiary/aromatic N) is 5. The molecule has 1 unspecified atom stereocenters. The van der Waals surface area contributed by atoms with Gasteiger partial charge in [0.05, 0.1) is 11.7 Å². The van der Waals surface area contributed by atoms with E-state index in [0.717, 1.165) is 43.9 Å². The van der Waals surface area contributed by atoms with E-state index in [1.807, 2.05) is 41.9 Å². The smallest absolute Gasteiger partial charge is 0.191 e. The number of hydrogen-bond acceptors (Lipinski definition) is 7. The predicted octanol–water partition coefficient (Wildman–Crippen LogP) is 4.65. The molecule has 3 aromatic rings. The Morgan fingerprint density at radius 3 is 3.00 bits per heavy atom. The predicted molar refractivity (Wildman–Crippen MR) is 110 cm³/mol. The molecule has 0 saturated carbocycles. The van der Waals surface area contributed by atoms with Gasteiger partial charge in [0.2, 0.25) is 0 Å². The number of aliphatic imine (C=N–C) groups is 1. The Hall–Kier alpha value is -1.77. The molecule has 5 rings (SSSR count). The molecule has 0 saturated heterocycles. The molecule has 2 aliphatic heterocycles. The molecule has 0 spiro atoms. The minimum Gasteiger partial charge on any atom is -0.297 e. The number of thioether (sulfide) groups is 3. The van der Waals surface area contributed by atoms with Crippen molar-refractivity contribution in [1.82, 2.24) is 19.7 Å². The highest BCUT2D eigenvalue weighted by molar-refractivity contribution is 8.38. The van der Waals surface area contributed by atoms with Crippen molar-refractivity contribution in [3.63, 3.8) is 0 Å². The first-order valence-electron chi connectivity index (χ1n) is 8.29. The van der Waals surface area contributed by atoms with Gasteiger partial charge in [0.25, 0.3) is 0 Å². The van der Waals surface area contributed by atoms with Gasteiger partial charge in [-0.3, -0.25) is 9.55 Å². The quantitative estimate of drug-likeness (QED) is 0.641. The summed E-state index contributed by atoms with van der Waals surface area (Å²) in [5, 5.41) is 9.74. The van der Waals surface area contributed by atoms with Crippen LogP contribution in [0.2, 0.25) is 0 Å². The van der Waals surface area contributed by atoms with Gasteiger partial charge in [0, 0.05) is 35.2 Å². The van der Waals surface area contributed by atoms with Crippen molar-refractivity contribution in [3.05, 3.63) is 54.4 Å². The molecular weight excluding hydrogens is 382 g/mol. The second-order valence-corrected chi connectivity index (χ2v) is 9.21. The zero-order valence-electron chi connectivity index (χ0n) is 13.8. The van der Waals surface area contributed by atoms with Crippen LogP contribution in [0.3, 0.4) is 0 Å². The van der Waals surface area contributed by atoms with E-state index in [9.17, 15) is 0 Å². The molecule has 1 atom stereocenters. The average molecular weight is 398 g/mol. The zero-order chi connectivity index (χ0) is 17.3. The van der Waals surface area contributed by atoms with Crippen molar-refractivity contribution in [3.8, 4) is 11.4 Å². The van der Waals surface area contributed by atoms with Crippen LogP contribution in [0.4, 0.5) is 5.69 Å². The Bertz CT molecular complexity index is 970. The fourth-order valence-electron chi connectivity index (χ4n) is 3.02. The summed E-state index contributed by atoms with van der Waals surface area (Å²) in [7, 11) is 0. The van der Waals surface area contributed by atoms with Crippen molar-refractivity contribution >= 4 is 45.3 Å². The standard InChI is InChI=1S/C18H15N5S3/c1-2-6-15-13(4-1)9-25-18(20-15)26-11-14-10-24-17-22-21-16(23(14)17)12-5-3-7-19-8-12/h1-8,14H,9-11H2. The minimum absolute atomic E-state index is 0.366. The second-order valence-electron chi connectivity index (χ2n) is 5.99. The molecule has 8 heteroatoms. The Morgan fingerprint density at radius 2 is 2.08 bits per heavy atom. The molecule has 0 N–H and O–H groups in total. The lowest BCUT2D eigenvalue weighted by molar-refractivity contribution is 0.598. The van der Waals surface area contributed by atoms with Crippen LogP contribution in [-0.4, -0.2) is 35.6 Å². The van der Waals surface area contributed by atoms with E-state index < -0.39 is 0 Å². The van der Waals surface area contributed by atoms with Gasteiger partial charge in [-0.15, -0.1) is 10.2 Å². The lowest BCUT2D eigenvalue weighted by Crippen LogP contribution is -2.12. The van der Waals surface area contributed by atoms with Crippen LogP contribution in [0.5, 0.6) is 0 Å². The third kappa shape index (κ3) is 3.06. The summed E-state index contributed by atoms with van der Waals surface area (Å²) in [5.74, 6) is 3.91. The van der Waals surface area contributed by atoms with Crippen molar-refractivity contribution in [1.29, 1.82) is 0 Å². The number of para-hydroxylation sites is 1. The van der Waals surface area contributed by atoms with Crippen LogP contribution in [0.15, 0.2) is 58.9 Å². The Kier molecular flexibility index (Phi) is 4.48. The number of aromatic nitrogens is 4. The molecule has 0 radical (unpaired) electrons. The van der Waals surface area contributed by atoms with Gasteiger partial charge >= 0.3 is 0 Å². The number of fused-ring (bicyclic) bond motifs is 2. The molecule has 4 heterocycles. The van der Waals surface area contributed by atoms with Crippen LogP contribution in [-0.2, 0) is 5.75 Å². The van der Waals surface area contributed by atoms with Crippen LogP contribution >= 0.6 is 35.3 Å². The highest BCUT2D eigenvalue weighted by atomic mass is 32.2. The van der Waals surface area contributed by atoms with E-state index in [0.29, 0.717) is 6.04 Å². The average Bonchev–Trinajstić information content (AvgIpc) is 3.29. The van der Waals surface area contributed by atoms with Crippen LogP contribution in [0.1, 0.15) is 11.6 Å². The van der Waals surface area contributed by atoms with Gasteiger partial charge in [-0.25, -0.2) is 4.99 Å². The largest absolute Gasteiger partial charge is 0.297 e. The summed E-state index contributed by atoms with van der Waals surface area (Å²) in [6, 6.07) is 12.7. The SMILES string of the molecule is c1cncc(-c2nnc3n2C(CSC2=Nc4ccccc4CS2)CS3)c1. The Morgan fingerprint density at radius 1 is 1.12 bits per heavy atom. The minimum atomic E-state index is 0.366. The van der Waals surface area contributed by atoms with Gasteiger partial charge < -0.3 is 0 Å². The van der Waals surface area contributed by atoms with Crippen LogP contribution in [0.25, 0.3) is 11.4 Å². The second kappa shape index (κ2) is 7.09. The van der Waals surface area contributed by atoms with Gasteiger partial charge in [0.15, 0.2) is 11.0 Å². The maximum atomic E-state index is 4.82. The topological polar surface area (TPSA) is 56.0 Å². The van der Waals surface area contributed by atoms with Crippen molar-refractivity contribution < 1.29 is 0 Å². The maximum absolute atomic E-state index is 4.82. The first kappa shape index (κ1) is 16.4. The fourth-order valence-corrected chi connectivity index (χ4v) is 6.41. The van der Waals surface area contributed by atoms with Gasteiger partial charge in [0.1, 0.15) is 4.38 Å². The van der Waals surface area contributed by atoms with Crippen molar-refractivity contribution in [2.24, 2.45) is 4.99 Å². The molecule has 1 aromatic carbocycles. The normalized spacial score (nSPS) is 18.3. The lowest BCUT2D eigenvalue weighted by Gasteiger charge is -2.17. The molecule has 26 heavy (non-hydrogen) atoms. The number of hydrogen-bond donors (Lipinski definition) is 0. The highest BCUT2D eigenvalue weighted by Crippen LogP contribution is 2.40. The molecule has 0 amide bonds. The molecule has 2 aromatic heterocycles. The Balaban J connectivity index is 1.35. The molecule has 0 fully saturated rings. The Labute approximate surface area is 164 Å². The molecule has 2 aliphatic rings. The molecule has 5 nitrogen and oxygen atoms in total.